The summed E-state index contributed by atoms with van der Waals surface area (Å²) in [5.41, 5.74) is 5.00. The molecule has 1 aliphatic rings. The van der Waals surface area contributed by atoms with E-state index >= 15 is 0 Å². The van der Waals surface area contributed by atoms with Gasteiger partial charge in [0.15, 0.2) is 0 Å². The second-order valence-corrected chi connectivity index (χ2v) is 5.91. The minimum absolute atomic E-state index is 0.514. The third-order valence-corrected chi connectivity index (χ3v) is 4.26. The van der Waals surface area contributed by atoms with Gasteiger partial charge in [0.2, 0.25) is 0 Å². The van der Waals surface area contributed by atoms with E-state index in [4.69, 9.17) is 5.84 Å². The summed E-state index contributed by atoms with van der Waals surface area (Å²) < 4.78 is 0. The fourth-order valence-electron chi connectivity index (χ4n) is 2.13. The highest BCUT2D eigenvalue weighted by Gasteiger charge is 2.28. The standard InChI is InChI=1S/C14H19N5S/c1-9-12(16-6-4-10-5-7-20-8-10)17-14(11-2-3-11)18-13(9)19-15/h5,7-8,11H,2-4,6,15H2,1H3,(H2,16,17,18,19). The molecule has 0 amide bonds. The van der Waals surface area contributed by atoms with Crippen LogP contribution in [0.4, 0.5) is 11.6 Å². The summed E-state index contributed by atoms with van der Waals surface area (Å²) in [7, 11) is 0. The topological polar surface area (TPSA) is 75.9 Å². The number of aromatic nitrogens is 2. The summed E-state index contributed by atoms with van der Waals surface area (Å²) in [6.07, 6.45) is 3.36. The first-order valence-corrected chi connectivity index (χ1v) is 7.82. The molecular weight excluding hydrogens is 270 g/mol. The van der Waals surface area contributed by atoms with Crippen LogP contribution in [0, 0.1) is 6.92 Å². The van der Waals surface area contributed by atoms with Crippen LogP contribution in [-0.2, 0) is 6.42 Å². The fraction of sp³-hybridized carbons (Fsp3) is 0.429. The molecule has 2 aromatic heterocycles. The summed E-state index contributed by atoms with van der Waals surface area (Å²) in [6, 6.07) is 2.15. The van der Waals surface area contributed by atoms with Crippen molar-refractivity contribution in [3.8, 4) is 0 Å². The number of nitrogens with one attached hydrogen (secondary N) is 2. The van der Waals surface area contributed by atoms with E-state index in [-0.39, 0.29) is 0 Å². The summed E-state index contributed by atoms with van der Waals surface area (Å²) in [4.78, 5) is 9.13. The first-order valence-electron chi connectivity index (χ1n) is 6.88. The maximum absolute atomic E-state index is 5.55. The maximum atomic E-state index is 5.55. The molecule has 1 saturated carbocycles. The van der Waals surface area contributed by atoms with E-state index in [2.05, 4.69) is 37.5 Å². The van der Waals surface area contributed by atoms with Gasteiger partial charge in [-0.3, -0.25) is 0 Å². The average molecular weight is 289 g/mol. The number of rotatable bonds is 6. The van der Waals surface area contributed by atoms with Crippen LogP contribution in [0.15, 0.2) is 16.8 Å². The van der Waals surface area contributed by atoms with Gasteiger partial charge >= 0.3 is 0 Å². The number of nitrogens with zero attached hydrogens (tertiary/aromatic N) is 2. The number of thiophene rings is 1. The zero-order chi connectivity index (χ0) is 13.9. The number of anilines is 2. The molecule has 0 aliphatic heterocycles. The van der Waals surface area contributed by atoms with Crippen LogP contribution in [0.2, 0.25) is 0 Å². The molecule has 3 rings (SSSR count). The molecule has 1 aliphatic carbocycles. The van der Waals surface area contributed by atoms with Gasteiger partial charge in [0.25, 0.3) is 0 Å². The molecule has 5 nitrogen and oxygen atoms in total. The molecule has 2 heterocycles. The minimum Gasteiger partial charge on any atom is -0.369 e. The van der Waals surface area contributed by atoms with E-state index in [0.717, 1.165) is 36.0 Å². The van der Waals surface area contributed by atoms with Gasteiger partial charge in [-0.25, -0.2) is 15.8 Å². The van der Waals surface area contributed by atoms with Crippen molar-refractivity contribution in [2.24, 2.45) is 5.84 Å². The zero-order valence-electron chi connectivity index (χ0n) is 11.5. The Kier molecular flexibility index (Phi) is 3.84. The maximum Gasteiger partial charge on any atom is 0.148 e. The molecule has 0 radical (unpaired) electrons. The van der Waals surface area contributed by atoms with E-state index in [0.29, 0.717) is 5.92 Å². The first-order chi connectivity index (χ1) is 9.78. The quantitative estimate of drug-likeness (QED) is 0.563. The van der Waals surface area contributed by atoms with Gasteiger partial charge in [0, 0.05) is 18.0 Å². The molecule has 0 spiro atoms. The van der Waals surface area contributed by atoms with Crippen molar-refractivity contribution in [3.63, 3.8) is 0 Å². The van der Waals surface area contributed by atoms with E-state index in [1.54, 1.807) is 11.3 Å². The molecule has 0 aromatic carbocycles. The summed E-state index contributed by atoms with van der Waals surface area (Å²) >= 11 is 1.73. The highest BCUT2D eigenvalue weighted by molar-refractivity contribution is 7.07. The van der Waals surface area contributed by atoms with Crippen LogP contribution in [0.1, 0.15) is 35.7 Å². The summed E-state index contributed by atoms with van der Waals surface area (Å²) in [5, 5.41) is 7.69. The Morgan fingerprint density at radius 2 is 2.15 bits per heavy atom. The fourth-order valence-corrected chi connectivity index (χ4v) is 2.83. The van der Waals surface area contributed by atoms with Gasteiger partial charge in [0.1, 0.15) is 17.5 Å². The summed E-state index contributed by atoms with van der Waals surface area (Å²) in [6.45, 7) is 2.85. The zero-order valence-corrected chi connectivity index (χ0v) is 12.3. The van der Waals surface area contributed by atoms with Gasteiger partial charge < -0.3 is 10.7 Å². The molecule has 20 heavy (non-hydrogen) atoms. The van der Waals surface area contributed by atoms with Crippen molar-refractivity contribution in [2.75, 3.05) is 17.3 Å². The molecule has 4 N–H and O–H groups in total. The SMILES string of the molecule is Cc1c(NN)nc(C2CC2)nc1NCCc1ccsc1. The highest BCUT2D eigenvalue weighted by Crippen LogP contribution is 2.39. The molecular formula is C14H19N5S. The molecule has 2 aromatic rings. The van der Waals surface area contributed by atoms with Crippen LogP contribution in [0.3, 0.4) is 0 Å². The Morgan fingerprint density at radius 3 is 2.80 bits per heavy atom. The third kappa shape index (κ3) is 2.91. The van der Waals surface area contributed by atoms with E-state index in [1.807, 2.05) is 6.92 Å². The molecule has 6 heteroatoms. The van der Waals surface area contributed by atoms with Gasteiger partial charge in [-0.1, -0.05) is 0 Å². The van der Waals surface area contributed by atoms with Crippen LogP contribution in [0.5, 0.6) is 0 Å². The minimum atomic E-state index is 0.514. The lowest BCUT2D eigenvalue weighted by Gasteiger charge is -2.13. The van der Waals surface area contributed by atoms with E-state index in [1.165, 1.54) is 18.4 Å². The van der Waals surface area contributed by atoms with Crippen molar-refractivity contribution >= 4 is 23.0 Å². The van der Waals surface area contributed by atoms with Crippen molar-refractivity contribution in [3.05, 3.63) is 33.8 Å². The molecule has 0 atom stereocenters. The van der Waals surface area contributed by atoms with Crippen molar-refractivity contribution in [2.45, 2.75) is 32.1 Å². The van der Waals surface area contributed by atoms with Gasteiger partial charge in [0.05, 0.1) is 0 Å². The van der Waals surface area contributed by atoms with Crippen LogP contribution in [-0.4, -0.2) is 16.5 Å². The van der Waals surface area contributed by atoms with Gasteiger partial charge in [-0.15, -0.1) is 0 Å². The largest absolute Gasteiger partial charge is 0.369 e. The van der Waals surface area contributed by atoms with Crippen LogP contribution >= 0.6 is 11.3 Å². The van der Waals surface area contributed by atoms with Crippen molar-refractivity contribution in [1.82, 2.24) is 9.97 Å². The molecule has 0 saturated heterocycles. The lowest BCUT2D eigenvalue weighted by molar-refractivity contribution is 0.905. The average Bonchev–Trinajstić information content (AvgIpc) is 3.18. The Balaban J connectivity index is 1.72. The Morgan fingerprint density at radius 1 is 1.35 bits per heavy atom. The lowest BCUT2D eigenvalue weighted by Crippen LogP contribution is -2.15. The normalized spacial score (nSPS) is 14.3. The summed E-state index contributed by atoms with van der Waals surface area (Å²) in [5.74, 6) is 8.58. The van der Waals surface area contributed by atoms with Gasteiger partial charge in [-0.05, 0) is 48.6 Å². The Bertz CT molecular complexity index is 578. The first kappa shape index (κ1) is 13.3. The van der Waals surface area contributed by atoms with E-state index in [9.17, 15) is 0 Å². The lowest BCUT2D eigenvalue weighted by atomic mass is 10.2. The molecule has 1 fully saturated rings. The monoisotopic (exact) mass is 289 g/mol. The number of nitrogen functional groups attached to an aromatic ring is 1. The second-order valence-electron chi connectivity index (χ2n) is 5.13. The number of hydrogen-bond donors (Lipinski definition) is 3. The van der Waals surface area contributed by atoms with Crippen molar-refractivity contribution < 1.29 is 0 Å². The predicted molar refractivity (Wildman–Crippen MR) is 83.1 cm³/mol. The Labute approximate surface area is 122 Å². The second kappa shape index (κ2) is 5.76. The highest BCUT2D eigenvalue weighted by atomic mass is 32.1. The number of hydrazine groups is 1. The smallest absolute Gasteiger partial charge is 0.148 e. The third-order valence-electron chi connectivity index (χ3n) is 3.53. The molecule has 0 bridgehead atoms. The predicted octanol–water partition coefficient (Wildman–Crippen LogP) is 2.66. The van der Waals surface area contributed by atoms with E-state index < -0.39 is 0 Å². The van der Waals surface area contributed by atoms with Crippen LogP contribution in [0.25, 0.3) is 0 Å². The Hall–Kier alpha value is -1.66. The molecule has 0 unspecified atom stereocenters. The van der Waals surface area contributed by atoms with Crippen LogP contribution < -0.4 is 16.6 Å². The number of nitrogens with two attached hydrogens (primary N) is 1. The number of hydrogen-bond acceptors (Lipinski definition) is 6. The van der Waals surface area contributed by atoms with Gasteiger partial charge in [-0.2, -0.15) is 11.3 Å². The van der Waals surface area contributed by atoms with Crippen molar-refractivity contribution in [1.29, 1.82) is 0 Å². The molecule has 106 valence electrons.